The SMILES string of the molecule is COC(=O)c1ccc(Sc2cccc(C(=O)O)c2)nc1C. The zero-order valence-electron chi connectivity index (χ0n) is 11.5. The van der Waals surface area contributed by atoms with E-state index in [-0.39, 0.29) is 5.56 Å². The van der Waals surface area contributed by atoms with Gasteiger partial charge < -0.3 is 9.84 Å². The molecule has 0 atom stereocenters. The Morgan fingerprint density at radius 2 is 2.00 bits per heavy atom. The van der Waals surface area contributed by atoms with Crippen molar-refractivity contribution < 1.29 is 19.4 Å². The predicted octanol–water partition coefficient (Wildman–Crippen LogP) is 3.03. The topological polar surface area (TPSA) is 76.5 Å². The maximum Gasteiger partial charge on any atom is 0.339 e. The summed E-state index contributed by atoms with van der Waals surface area (Å²) in [6.45, 7) is 1.73. The van der Waals surface area contributed by atoms with E-state index in [0.29, 0.717) is 16.3 Å². The molecule has 1 aromatic carbocycles. The van der Waals surface area contributed by atoms with Gasteiger partial charge in [0.05, 0.1) is 23.9 Å². The van der Waals surface area contributed by atoms with Crippen LogP contribution in [0.2, 0.25) is 0 Å². The molecule has 21 heavy (non-hydrogen) atoms. The molecule has 2 rings (SSSR count). The number of nitrogens with zero attached hydrogens (tertiary/aromatic N) is 1. The van der Waals surface area contributed by atoms with Gasteiger partial charge in [-0.25, -0.2) is 14.6 Å². The lowest BCUT2D eigenvalue weighted by atomic mass is 10.2. The fourth-order valence-electron chi connectivity index (χ4n) is 1.73. The van der Waals surface area contributed by atoms with Crippen LogP contribution in [0.25, 0.3) is 0 Å². The van der Waals surface area contributed by atoms with Gasteiger partial charge in [-0.05, 0) is 37.3 Å². The number of aromatic carboxylic acids is 1. The number of pyridine rings is 1. The van der Waals surface area contributed by atoms with Crippen molar-refractivity contribution in [1.82, 2.24) is 4.98 Å². The Balaban J connectivity index is 2.24. The van der Waals surface area contributed by atoms with Crippen LogP contribution in [0.5, 0.6) is 0 Å². The fourth-order valence-corrected chi connectivity index (χ4v) is 2.63. The number of carbonyl (C=O) groups is 2. The standard InChI is InChI=1S/C15H13NO4S/c1-9-12(15(19)20-2)6-7-13(16-9)21-11-5-3-4-10(8-11)14(17)18/h3-8H,1-2H3,(H,17,18). The van der Waals surface area contributed by atoms with Gasteiger partial charge in [0.1, 0.15) is 5.03 Å². The highest BCUT2D eigenvalue weighted by atomic mass is 32.2. The highest BCUT2D eigenvalue weighted by molar-refractivity contribution is 7.99. The maximum absolute atomic E-state index is 11.5. The summed E-state index contributed by atoms with van der Waals surface area (Å²) in [4.78, 5) is 27.5. The molecule has 0 radical (unpaired) electrons. The van der Waals surface area contributed by atoms with Crippen molar-refractivity contribution in [1.29, 1.82) is 0 Å². The number of hydrogen-bond donors (Lipinski definition) is 1. The van der Waals surface area contributed by atoms with Gasteiger partial charge in [-0.3, -0.25) is 0 Å². The van der Waals surface area contributed by atoms with Gasteiger partial charge in [0, 0.05) is 4.90 Å². The summed E-state index contributed by atoms with van der Waals surface area (Å²) in [6, 6.07) is 9.96. The van der Waals surface area contributed by atoms with Gasteiger partial charge in [0.2, 0.25) is 0 Å². The lowest BCUT2D eigenvalue weighted by Crippen LogP contribution is -2.05. The number of carboxylic acid groups (broad SMARTS) is 1. The first-order valence-electron chi connectivity index (χ1n) is 6.08. The average Bonchev–Trinajstić information content (AvgIpc) is 2.47. The van der Waals surface area contributed by atoms with E-state index in [1.807, 2.05) is 6.07 Å². The Labute approximate surface area is 126 Å². The Kier molecular flexibility index (Phi) is 4.59. The smallest absolute Gasteiger partial charge is 0.339 e. The summed E-state index contributed by atoms with van der Waals surface area (Å²) < 4.78 is 4.67. The van der Waals surface area contributed by atoms with Gasteiger partial charge in [0.15, 0.2) is 0 Å². The molecule has 0 spiro atoms. The molecule has 0 saturated carbocycles. The zero-order valence-corrected chi connectivity index (χ0v) is 12.3. The molecule has 0 saturated heterocycles. The zero-order chi connectivity index (χ0) is 15.4. The molecule has 108 valence electrons. The van der Waals surface area contributed by atoms with Crippen LogP contribution in [0.3, 0.4) is 0 Å². The van der Waals surface area contributed by atoms with Gasteiger partial charge in [0.25, 0.3) is 0 Å². The van der Waals surface area contributed by atoms with Crippen molar-refractivity contribution in [3.05, 3.63) is 53.2 Å². The third-order valence-electron chi connectivity index (χ3n) is 2.77. The van der Waals surface area contributed by atoms with Crippen LogP contribution in [0.4, 0.5) is 0 Å². The number of aromatic nitrogens is 1. The molecule has 0 unspecified atom stereocenters. The first-order chi connectivity index (χ1) is 10.0. The Morgan fingerprint density at radius 3 is 2.62 bits per heavy atom. The van der Waals surface area contributed by atoms with E-state index in [1.54, 1.807) is 31.2 Å². The summed E-state index contributed by atoms with van der Waals surface area (Å²) in [5.41, 5.74) is 1.21. The van der Waals surface area contributed by atoms with Gasteiger partial charge >= 0.3 is 11.9 Å². The Bertz CT molecular complexity index is 700. The molecular weight excluding hydrogens is 290 g/mol. The number of ether oxygens (including phenoxy) is 1. The van der Waals surface area contributed by atoms with Crippen LogP contribution in [-0.2, 0) is 4.74 Å². The van der Waals surface area contributed by atoms with Crippen molar-refractivity contribution in [2.45, 2.75) is 16.8 Å². The van der Waals surface area contributed by atoms with Crippen LogP contribution < -0.4 is 0 Å². The number of carboxylic acids is 1. The largest absolute Gasteiger partial charge is 0.478 e. The van der Waals surface area contributed by atoms with E-state index in [9.17, 15) is 9.59 Å². The highest BCUT2D eigenvalue weighted by Gasteiger charge is 2.11. The maximum atomic E-state index is 11.5. The van der Waals surface area contributed by atoms with E-state index in [0.717, 1.165) is 4.90 Å². The number of methoxy groups -OCH3 is 1. The lowest BCUT2D eigenvalue weighted by Gasteiger charge is -2.06. The third kappa shape index (κ3) is 3.61. The van der Waals surface area contributed by atoms with E-state index >= 15 is 0 Å². The van der Waals surface area contributed by atoms with Crippen LogP contribution in [0.1, 0.15) is 26.4 Å². The molecule has 0 fully saturated rings. The minimum atomic E-state index is -0.970. The third-order valence-corrected chi connectivity index (χ3v) is 3.70. The summed E-state index contributed by atoms with van der Waals surface area (Å²) >= 11 is 1.33. The van der Waals surface area contributed by atoms with Gasteiger partial charge in [-0.15, -0.1) is 0 Å². The lowest BCUT2D eigenvalue weighted by molar-refractivity contribution is 0.0598. The summed E-state index contributed by atoms with van der Waals surface area (Å²) in [6.07, 6.45) is 0. The molecule has 0 aliphatic rings. The van der Waals surface area contributed by atoms with Crippen LogP contribution in [0.15, 0.2) is 46.3 Å². The molecule has 0 aliphatic carbocycles. The monoisotopic (exact) mass is 303 g/mol. The highest BCUT2D eigenvalue weighted by Crippen LogP contribution is 2.27. The number of aryl methyl sites for hydroxylation is 1. The van der Waals surface area contributed by atoms with Crippen molar-refractivity contribution in [3.63, 3.8) is 0 Å². The minimum Gasteiger partial charge on any atom is -0.478 e. The van der Waals surface area contributed by atoms with E-state index in [1.165, 1.54) is 24.9 Å². The first kappa shape index (κ1) is 15.1. The Morgan fingerprint density at radius 1 is 1.24 bits per heavy atom. The minimum absolute atomic E-state index is 0.225. The summed E-state index contributed by atoms with van der Waals surface area (Å²) in [7, 11) is 1.32. The molecule has 0 amide bonds. The second kappa shape index (κ2) is 6.41. The number of esters is 1. The quantitative estimate of drug-likeness (QED) is 0.875. The Hall–Kier alpha value is -2.34. The predicted molar refractivity (Wildman–Crippen MR) is 77.8 cm³/mol. The molecular formula is C15H13NO4S. The molecule has 0 aliphatic heterocycles. The molecule has 2 aromatic rings. The van der Waals surface area contributed by atoms with Crippen LogP contribution >= 0.6 is 11.8 Å². The number of carbonyl (C=O) groups excluding carboxylic acids is 1. The summed E-state index contributed by atoms with van der Waals surface area (Å²) in [5, 5.41) is 9.65. The molecule has 1 heterocycles. The molecule has 5 nitrogen and oxygen atoms in total. The molecule has 1 N–H and O–H groups in total. The molecule has 6 heteroatoms. The summed E-state index contributed by atoms with van der Waals surface area (Å²) in [5.74, 6) is -1.40. The van der Waals surface area contributed by atoms with E-state index < -0.39 is 11.9 Å². The first-order valence-corrected chi connectivity index (χ1v) is 6.90. The average molecular weight is 303 g/mol. The number of benzene rings is 1. The number of rotatable bonds is 4. The van der Waals surface area contributed by atoms with Crippen molar-refractivity contribution in [2.24, 2.45) is 0 Å². The molecule has 1 aromatic heterocycles. The van der Waals surface area contributed by atoms with Crippen molar-refractivity contribution >= 4 is 23.7 Å². The normalized spacial score (nSPS) is 10.2. The van der Waals surface area contributed by atoms with Crippen molar-refractivity contribution in [2.75, 3.05) is 7.11 Å². The molecule has 0 bridgehead atoms. The van der Waals surface area contributed by atoms with Crippen LogP contribution in [0, 0.1) is 6.92 Å². The van der Waals surface area contributed by atoms with Crippen molar-refractivity contribution in [3.8, 4) is 0 Å². The number of hydrogen-bond acceptors (Lipinski definition) is 5. The second-order valence-electron chi connectivity index (χ2n) is 4.21. The van der Waals surface area contributed by atoms with E-state index in [2.05, 4.69) is 9.72 Å². The van der Waals surface area contributed by atoms with Gasteiger partial charge in [-0.2, -0.15) is 0 Å². The second-order valence-corrected chi connectivity index (χ2v) is 5.30. The van der Waals surface area contributed by atoms with E-state index in [4.69, 9.17) is 5.11 Å². The van der Waals surface area contributed by atoms with Crippen LogP contribution in [-0.4, -0.2) is 29.1 Å². The van der Waals surface area contributed by atoms with Gasteiger partial charge in [-0.1, -0.05) is 17.8 Å². The fraction of sp³-hybridized carbons (Fsp3) is 0.133.